The Balaban J connectivity index is 1.85. The summed E-state index contributed by atoms with van der Waals surface area (Å²) in [6.45, 7) is 1.32. The number of benzene rings is 1. The summed E-state index contributed by atoms with van der Waals surface area (Å²) in [6, 6.07) is 5.08. The molecule has 0 aromatic heterocycles. The first kappa shape index (κ1) is 14.1. The summed E-state index contributed by atoms with van der Waals surface area (Å²) in [5, 5.41) is 12.3. The fraction of sp³-hybridized carbons (Fsp3) is 0.500. The molecule has 1 aliphatic heterocycles. The molecule has 1 saturated carbocycles. The van der Waals surface area contributed by atoms with Gasteiger partial charge in [0.2, 0.25) is 0 Å². The van der Waals surface area contributed by atoms with Crippen LogP contribution in [0.25, 0.3) is 0 Å². The highest BCUT2D eigenvalue weighted by Gasteiger charge is 2.32. The van der Waals surface area contributed by atoms with Crippen LogP contribution in [-0.2, 0) is 4.74 Å². The van der Waals surface area contributed by atoms with Crippen molar-refractivity contribution in [2.75, 3.05) is 13.2 Å². The first-order valence-electron chi connectivity index (χ1n) is 7.41. The van der Waals surface area contributed by atoms with Gasteiger partial charge in [-0.05, 0) is 49.3 Å². The maximum Gasteiger partial charge on any atom is 0.335 e. The van der Waals surface area contributed by atoms with Gasteiger partial charge in [-0.25, -0.2) is 4.79 Å². The zero-order chi connectivity index (χ0) is 14.8. The van der Waals surface area contributed by atoms with Crippen molar-refractivity contribution in [3.8, 4) is 0 Å². The first-order chi connectivity index (χ1) is 10.2. The maximum atomic E-state index is 12.5. The third-order valence-electron chi connectivity index (χ3n) is 4.12. The van der Waals surface area contributed by atoms with Crippen LogP contribution in [0, 0.1) is 0 Å². The quantitative estimate of drug-likeness (QED) is 0.890. The minimum absolute atomic E-state index is 0.117. The first-order valence-corrected chi connectivity index (χ1v) is 7.41. The summed E-state index contributed by atoms with van der Waals surface area (Å²) in [6.07, 6.45) is 3.54. The summed E-state index contributed by atoms with van der Waals surface area (Å²) < 4.78 is 5.28. The van der Waals surface area contributed by atoms with Crippen molar-refractivity contribution in [2.45, 2.75) is 37.6 Å². The van der Waals surface area contributed by atoms with Crippen LogP contribution in [0.2, 0.25) is 0 Å². The van der Waals surface area contributed by atoms with E-state index in [1.54, 1.807) is 18.2 Å². The lowest BCUT2D eigenvalue weighted by molar-refractivity contribution is 0.0694. The molecule has 2 N–H and O–H groups in total. The largest absolute Gasteiger partial charge is 0.478 e. The highest BCUT2D eigenvalue weighted by Crippen LogP contribution is 2.43. The van der Waals surface area contributed by atoms with Crippen LogP contribution in [0.15, 0.2) is 18.2 Å². The van der Waals surface area contributed by atoms with Gasteiger partial charge < -0.3 is 15.2 Å². The van der Waals surface area contributed by atoms with Crippen LogP contribution in [0.1, 0.15) is 57.9 Å². The van der Waals surface area contributed by atoms with Crippen molar-refractivity contribution in [1.82, 2.24) is 5.32 Å². The Bertz CT molecular complexity index is 559. The van der Waals surface area contributed by atoms with Crippen LogP contribution >= 0.6 is 0 Å². The van der Waals surface area contributed by atoms with Crippen LogP contribution in [-0.4, -0.2) is 36.2 Å². The Hall–Kier alpha value is -1.88. The Morgan fingerprint density at radius 3 is 2.38 bits per heavy atom. The van der Waals surface area contributed by atoms with E-state index in [1.165, 1.54) is 0 Å². The van der Waals surface area contributed by atoms with E-state index < -0.39 is 5.97 Å². The lowest BCUT2D eigenvalue weighted by Crippen LogP contribution is -2.39. The van der Waals surface area contributed by atoms with E-state index in [9.17, 15) is 14.7 Å². The smallest absolute Gasteiger partial charge is 0.335 e. The number of carbonyl (C=O) groups excluding carboxylic acids is 1. The number of hydrogen-bond acceptors (Lipinski definition) is 3. The Morgan fingerprint density at radius 1 is 1.10 bits per heavy atom. The second-order valence-electron chi connectivity index (χ2n) is 5.71. The highest BCUT2D eigenvalue weighted by atomic mass is 16.5. The lowest BCUT2D eigenvalue weighted by Gasteiger charge is -2.23. The van der Waals surface area contributed by atoms with Gasteiger partial charge in [0, 0.05) is 24.8 Å². The fourth-order valence-electron chi connectivity index (χ4n) is 2.87. The number of aromatic carboxylic acids is 1. The second kappa shape index (κ2) is 5.85. The van der Waals surface area contributed by atoms with Gasteiger partial charge in [-0.3, -0.25) is 4.79 Å². The second-order valence-corrected chi connectivity index (χ2v) is 5.71. The molecule has 1 aromatic carbocycles. The van der Waals surface area contributed by atoms with Crippen LogP contribution in [0.5, 0.6) is 0 Å². The Kier molecular flexibility index (Phi) is 3.92. The van der Waals surface area contributed by atoms with Crippen molar-refractivity contribution < 1.29 is 19.4 Å². The third kappa shape index (κ3) is 3.08. The molecule has 0 radical (unpaired) electrons. The molecule has 3 rings (SSSR count). The number of rotatable bonds is 4. The monoisotopic (exact) mass is 289 g/mol. The zero-order valence-corrected chi connectivity index (χ0v) is 11.8. The number of carboxylic acids is 1. The summed E-state index contributed by atoms with van der Waals surface area (Å²) in [4.78, 5) is 23.9. The molecule has 5 heteroatoms. The summed E-state index contributed by atoms with van der Waals surface area (Å²) in [7, 11) is 0. The van der Waals surface area contributed by atoms with Crippen LogP contribution in [0.4, 0.5) is 0 Å². The van der Waals surface area contributed by atoms with Crippen molar-refractivity contribution in [1.29, 1.82) is 0 Å². The number of ether oxygens (including phenoxy) is 1. The predicted molar refractivity (Wildman–Crippen MR) is 76.7 cm³/mol. The minimum atomic E-state index is -0.961. The molecule has 2 aliphatic rings. The summed E-state index contributed by atoms with van der Waals surface area (Å²) >= 11 is 0. The van der Waals surface area contributed by atoms with E-state index in [0.717, 1.165) is 25.7 Å². The standard InChI is InChI=1S/C16H19NO4/c18-15(17-11-6-8-21-9-7-11)12-2-1-3-13(16(19)20)14(12)10-4-5-10/h1-3,10-11H,4-9H2,(H,17,18)(H,19,20). The van der Waals surface area contributed by atoms with E-state index in [-0.39, 0.29) is 23.4 Å². The van der Waals surface area contributed by atoms with Gasteiger partial charge in [-0.15, -0.1) is 0 Å². The minimum Gasteiger partial charge on any atom is -0.478 e. The van der Waals surface area contributed by atoms with Gasteiger partial charge in [-0.2, -0.15) is 0 Å². The van der Waals surface area contributed by atoms with E-state index in [2.05, 4.69) is 5.32 Å². The molecule has 112 valence electrons. The van der Waals surface area contributed by atoms with E-state index in [1.807, 2.05) is 0 Å². The highest BCUT2D eigenvalue weighted by molar-refractivity contribution is 6.00. The van der Waals surface area contributed by atoms with Gasteiger partial charge in [0.15, 0.2) is 0 Å². The molecule has 1 heterocycles. The fourth-order valence-corrected chi connectivity index (χ4v) is 2.87. The summed E-state index contributed by atoms with van der Waals surface area (Å²) in [5.74, 6) is -0.905. The van der Waals surface area contributed by atoms with Crippen molar-refractivity contribution in [3.05, 3.63) is 34.9 Å². The van der Waals surface area contributed by atoms with Gasteiger partial charge in [0.1, 0.15) is 0 Å². The molecule has 1 aliphatic carbocycles. The van der Waals surface area contributed by atoms with Gasteiger partial charge >= 0.3 is 5.97 Å². The van der Waals surface area contributed by atoms with E-state index in [0.29, 0.717) is 24.3 Å². The average Bonchev–Trinajstić information content (AvgIpc) is 3.32. The topological polar surface area (TPSA) is 75.6 Å². The van der Waals surface area contributed by atoms with Crippen LogP contribution < -0.4 is 5.32 Å². The lowest BCUT2D eigenvalue weighted by atomic mass is 9.96. The Morgan fingerprint density at radius 2 is 1.76 bits per heavy atom. The molecule has 0 spiro atoms. The molecule has 1 amide bonds. The zero-order valence-electron chi connectivity index (χ0n) is 11.8. The number of hydrogen-bond donors (Lipinski definition) is 2. The van der Waals surface area contributed by atoms with Crippen molar-refractivity contribution in [3.63, 3.8) is 0 Å². The summed E-state index contributed by atoms with van der Waals surface area (Å²) in [5.41, 5.74) is 1.48. The molecule has 0 bridgehead atoms. The normalized spacial score (nSPS) is 19.2. The van der Waals surface area contributed by atoms with E-state index in [4.69, 9.17) is 4.74 Å². The maximum absolute atomic E-state index is 12.5. The number of carbonyl (C=O) groups is 2. The number of carboxylic acid groups (broad SMARTS) is 1. The molecule has 1 saturated heterocycles. The van der Waals surface area contributed by atoms with Gasteiger partial charge in [0.05, 0.1) is 5.56 Å². The van der Waals surface area contributed by atoms with Crippen molar-refractivity contribution >= 4 is 11.9 Å². The molecule has 2 fully saturated rings. The number of nitrogens with one attached hydrogen (secondary N) is 1. The molecular weight excluding hydrogens is 270 g/mol. The molecule has 0 unspecified atom stereocenters. The number of amides is 1. The molecule has 21 heavy (non-hydrogen) atoms. The van der Waals surface area contributed by atoms with Crippen LogP contribution in [0.3, 0.4) is 0 Å². The molecule has 5 nitrogen and oxygen atoms in total. The van der Waals surface area contributed by atoms with Crippen molar-refractivity contribution in [2.24, 2.45) is 0 Å². The molecule has 0 atom stereocenters. The predicted octanol–water partition coefficient (Wildman–Crippen LogP) is 2.17. The average molecular weight is 289 g/mol. The van der Waals surface area contributed by atoms with Gasteiger partial charge in [-0.1, -0.05) is 6.07 Å². The SMILES string of the molecule is O=C(O)c1cccc(C(=O)NC2CCOCC2)c1C1CC1. The molecular formula is C16H19NO4. The van der Waals surface area contributed by atoms with Gasteiger partial charge in [0.25, 0.3) is 5.91 Å². The van der Waals surface area contributed by atoms with E-state index >= 15 is 0 Å². The Labute approximate surface area is 123 Å². The molecule has 1 aromatic rings. The third-order valence-corrected chi connectivity index (χ3v) is 4.12.